The first-order valence-corrected chi connectivity index (χ1v) is 10.9. The molecule has 3 rings (SSSR count). The molecule has 0 amide bonds. The number of aryl methyl sites for hydroxylation is 1. The summed E-state index contributed by atoms with van der Waals surface area (Å²) in [4.78, 5) is 0. The zero-order valence-corrected chi connectivity index (χ0v) is 16.2. The van der Waals surface area contributed by atoms with Crippen LogP contribution in [0.3, 0.4) is 0 Å². The third kappa shape index (κ3) is 4.64. The molecule has 1 atom stereocenters. The Morgan fingerprint density at radius 3 is 2.42 bits per heavy atom. The van der Waals surface area contributed by atoms with E-state index in [2.05, 4.69) is 32.0 Å². The molecule has 2 aliphatic carbocycles. The zero-order valence-electron chi connectivity index (χ0n) is 16.2. The summed E-state index contributed by atoms with van der Waals surface area (Å²) >= 11 is 0. The fourth-order valence-electron chi connectivity index (χ4n) is 5.11. The lowest BCUT2D eigenvalue weighted by Crippen LogP contribution is -2.16. The molecule has 24 heavy (non-hydrogen) atoms. The lowest BCUT2D eigenvalue weighted by molar-refractivity contribution is 0.318. The van der Waals surface area contributed by atoms with Crippen molar-refractivity contribution in [2.75, 3.05) is 0 Å². The van der Waals surface area contributed by atoms with Gasteiger partial charge in [0.1, 0.15) is 0 Å². The van der Waals surface area contributed by atoms with Crippen molar-refractivity contribution in [3.05, 3.63) is 34.9 Å². The van der Waals surface area contributed by atoms with Crippen molar-refractivity contribution in [1.29, 1.82) is 0 Å². The summed E-state index contributed by atoms with van der Waals surface area (Å²) < 4.78 is 0. The summed E-state index contributed by atoms with van der Waals surface area (Å²) in [5.74, 6) is 2.82. The van der Waals surface area contributed by atoms with E-state index in [0.717, 1.165) is 17.8 Å². The Bertz CT molecular complexity index is 493. The van der Waals surface area contributed by atoms with E-state index in [9.17, 15) is 0 Å². The van der Waals surface area contributed by atoms with Gasteiger partial charge in [0, 0.05) is 0 Å². The monoisotopic (exact) mass is 326 g/mol. The number of hydrogen-bond acceptors (Lipinski definition) is 0. The van der Waals surface area contributed by atoms with Gasteiger partial charge in [0.15, 0.2) is 0 Å². The second-order valence-corrected chi connectivity index (χ2v) is 8.61. The molecule has 0 aliphatic heterocycles. The highest BCUT2D eigenvalue weighted by Crippen LogP contribution is 2.38. The minimum absolute atomic E-state index is 0.852. The Balaban J connectivity index is 1.54. The van der Waals surface area contributed by atoms with Crippen LogP contribution in [0.15, 0.2) is 18.2 Å². The van der Waals surface area contributed by atoms with Gasteiger partial charge < -0.3 is 0 Å². The van der Waals surface area contributed by atoms with Gasteiger partial charge in [-0.05, 0) is 79.4 Å². The van der Waals surface area contributed by atoms with Crippen LogP contribution in [0, 0.1) is 11.8 Å². The summed E-state index contributed by atoms with van der Waals surface area (Å²) in [6.07, 6.45) is 18.4. The smallest absolute Gasteiger partial charge is 0.0162 e. The van der Waals surface area contributed by atoms with E-state index < -0.39 is 0 Å². The highest BCUT2D eigenvalue weighted by molar-refractivity contribution is 5.36. The Morgan fingerprint density at radius 1 is 0.833 bits per heavy atom. The third-order valence-electron chi connectivity index (χ3n) is 6.92. The van der Waals surface area contributed by atoms with Gasteiger partial charge in [-0.15, -0.1) is 0 Å². The van der Waals surface area contributed by atoms with Crippen LogP contribution in [0.5, 0.6) is 0 Å². The number of unbranched alkanes of at least 4 members (excludes halogenated alkanes) is 3. The van der Waals surface area contributed by atoms with Gasteiger partial charge in [-0.2, -0.15) is 0 Å². The molecule has 1 unspecified atom stereocenters. The fourth-order valence-corrected chi connectivity index (χ4v) is 5.11. The molecular formula is C24H38. The predicted octanol–water partition coefficient (Wildman–Crippen LogP) is 7.45. The largest absolute Gasteiger partial charge is 0.0654 e. The lowest BCUT2D eigenvalue weighted by atomic mass is 9.75. The standard InChI is InChI=1S/C24H38/c1-3-5-6-7-8-20-11-14-24-18-23(16-15-22(24)17-20)21-12-9-19(4-2)10-13-21/h15-16,18-21H,3-14,17H2,1-2H3/t19-,20?,21-. The average molecular weight is 327 g/mol. The van der Waals surface area contributed by atoms with E-state index in [-0.39, 0.29) is 0 Å². The molecule has 0 radical (unpaired) electrons. The van der Waals surface area contributed by atoms with Gasteiger partial charge in [-0.25, -0.2) is 0 Å². The van der Waals surface area contributed by atoms with Gasteiger partial charge in [-0.1, -0.05) is 70.6 Å². The SMILES string of the molecule is CCCCCCC1CCc2cc([C@H]3CC[C@H](CC)CC3)ccc2C1. The molecule has 134 valence electrons. The highest BCUT2D eigenvalue weighted by Gasteiger charge is 2.23. The molecule has 1 aromatic rings. The van der Waals surface area contributed by atoms with Gasteiger partial charge in [-0.3, -0.25) is 0 Å². The molecule has 1 aromatic carbocycles. The number of rotatable bonds is 7. The second kappa shape index (κ2) is 9.07. The Morgan fingerprint density at radius 2 is 1.67 bits per heavy atom. The maximum Gasteiger partial charge on any atom is -0.0162 e. The molecule has 0 heteroatoms. The first-order valence-electron chi connectivity index (χ1n) is 10.9. The van der Waals surface area contributed by atoms with Crippen LogP contribution in [0.1, 0.15) is 107 Å². The molecule has 1 saturated carbocycles. The second-order valence-electron chi connectivity index (χ2n) is 8.61. The predicted molar refractivity (Wildman–Crippen MR) is 106 cm³/mol. The molecule has 0 N–H and O–H groups in total. The van der Waals surface area contributed by atoms with Crippen LogP contribution < -0.4 is 0 Å². The Labute approximate surface area is 150 Å². The minimum Gasteiger partial charge on any atom is -0.0654 e. The third-order valence-corrected chi connectivity index (χ3v) is 6.92. The quantitative estimate of drug-likeness (QED) is 0.456. The Hall–Kier alpha value is -0.780. The van der Waals surface area contributed by atoms with Gasteiger partial charge in [0.05, 0.1) is 0 Å². The topological polar surface area (TPSA) is 0 Å². The van der Waals surface area contributed by atoms with Crippen LogP contribution in [0.2, 0.25) is 0 Å². The van der Waals surface area contributed by atoms with Gasteiger partial charge in [0.25, 0.3) is 0 Å². The highest BCUT2D eigenvalue weighted by atomic mass is 14.3. The van der Waals surface area contributed by atoms with Crippen molar-refractivity contribution in [3.63, 3.8) is 0 Å². The molecule has 0 aromatic heterocycles. The van der Waals surface area contributed by atoms with Gasteiger partial charge in [0.2, 0.25) is 0 Å². The summed E-state index contributed by atoms with van der Waals surface area (Å²) in [5, 5.41) is 0. The van der Waals surface area contributed by atoms with E-state index in [1.807, 2.05) is 0 Å². The normalized spacial score (nSPS) is 27.0. The van der Waals surface area contributed by atoms with Crippen LogP contribution >= 0.6 is 0 Å². The summed E-state index contributed by atoms with van der Waals surface area (Å²) in [7, 11) is 0. The molecule has 0 bridgehead atoms. The molecule has 2 aliphatic rings. The maximum absolute atomic E-state index is 2.60. The number of hydrogen-bond donors (Lipinski definition) is 0. The van der Waals surface area contributed by atoms with Crippen molar-refractivity contribution in [2.45, 2.75) is 103 Å². The van der Waals surface area contributed by atoms with E-state index in [0.29, 0.717) is 0 Å². The summed E-state index contributed by atoms with van der Waals surface area (Å²) in [6.45, 7) is 4.67. The van der Waals surface area contributed by atoms with E-state index in [1.54, 1.807) is 16.7 Å². The average Bonchev–Trinajstić information content (AvgIpc) is 2.65. The van der Waals surface area contributed by atoms with Crippen molar-refractivity contribution in [1.82, 2.24) is 0 Å². The Kier molecular flexibility index (Phi) is 6.81. The van der Waals surface area contributed by atoms with Crippen molar-refractivity contribution >= 4 is 0 Å². The van der Waals surface area contributed by atoms with Crippen LogP contribution in [0.4, 0.5) is 0 Å². The minimum atomic E-state index is 0.852. The van der Waals surface area contributed by atoms with Gasteiger partial charge >= 0.3 is 0 Å². The molecule has 0 heterocycles. The molecule has 1 fully saturated rings. The van der Waals surface area contributed by atoms with E-state index in [4.69, 9.17) is 0 Å². The maximum atomic E-state index is 2.60. The number of fused-ring (bicyclic) bond motifs is 1. The molecular weight excluding hydrogens is 288 g/mol. The number of benzene rings is 1. The molecule has 0 nitrogen and oxygen atoms in total. The molecule has 0 saturated heterocycles. The van der Waals surface area contributed by atoms with Crippen LogP contribution in [-0.2, 0) is 12.8 Å². The van der Waals surface area contributed by atoms with Crippen molar-refractivity contribution in [3.8, 4) is 0 Å². The van der Waals surface area contributed by atoms with Crippen LogP contribution in [0.25, 0.3) is 0 Å². The van der Waals surface area contributed by atoms with E-state index >= 15 is 0 Å². The summed E-state index contributed by atoms with van der Waals surface area (Å²) in [6, 6.07) is 7.57. The van der Waals surface area contributed by atoms with Crippen molar-refractivity contribution < 1.29 is 0 Å². The van der Waals surface area contributed by atoms with Crippen molar-refractivity contribution in [2.24, 2.45) is 11.8 Å². The summed E-state index contributed by atoms with van der Waals surface area (Å²) in [5.41, 5.74) is 5.02. The first-order chi connectivity index (χ1) is 11.8. The lowest BCUT2D eigenvalue weighted by Gasteiger charge is -2.30. The van der Waals surface area contributed by atoms with Crippen LogP contribution in [-0.4, -0.2) is 0 Å². The fraction of sp³-hybridized carbons (Fsp3) is 0.750. The first kappa shape index (κ1) is 18.0. The van der Waals surface area contributed by atoms with E-state index in [1.165, 1.54) is 83.5 Å². The molecule has 0 spiro atoms. The zero-order chi connectivity index (χ0) is 16.8.